The van der Waals surface area contributed by atoms with Crippen molar-refractivity contribution in [2.24, 2.45) is 0 Å². The number of hydrogen-bond donors (Lipinski definition) is 1. The minimum Gasteiger partial charge on any atom is -0.338 e. The molecule has 0 bridgehead atoms. The van der Waals surface area contributed by atoms with Crippen molar-refractivity contribution in [2.45, 2.75) is 25.8 Å². The summed E-state index contributed by atoms with van der Waals surface area (Å²) >= 11 is 0. The fourth-order valence-electron chi connectivity index (χ4n) is 2.73. The van der Waals surface area contributed by atoms with Crippen LogP contribution in [0.25, 0.3) is 0 Å². The van der Waals surface area contributed by atoms with Crippen molar-refractivity contribution in [3.05, 3.63) is 62.7 Å². The van der Waals surface area contributed by atoms with Crippen LogP contribution < -0.4 is 11.2 Å². The van der Waals surface area contributed by atoms with E-state index >= 15 is 0 Å². The number of likely N-dealkylation sites (tertiary alicyclic amines) is 1. The lowest BCUT2D eigenvalue weighted by Crippen LogP contribution is -2.43. The largest absolute Gasteiger partial charge is 0.338 e. The standard InChI is InChI=1S/C16H18N4O3/c21-14(19-8-4-1-5-9-19)13-10-18-16(23)20(15(13)22)11-12-6-2-3-7-17-12/h2-3,6-7,10H,1,4-5,8-9,11H2,(H,18,23). The number of rotatable bonds is 3. The van der Waals surface area contributed by atoms with E-state index < -0.39 is 11.2 Å². The van der Waals surface area contributed by atoms with Gasteiger partial charge in [0.05, 0.1) is 12.2 Å². The molecule has 1 fully saturated rings. The molecule has 0 unspecified atom stereocenters. The number of amides is 1. The Labute approximate surface area is 132 Å². The molecular weight excluding hydrogens is 296 g/mol. The third-order valence-electron chi connectivity index (χ3n) is 3.98. The van der Waals surface area contributed by atoms with E-state index in [1.807, 2.05) is 0 Å². The van der Waals surface area contributed by atoms with Gasteiger partial charge in [0.25, 0.3) is 11.5 Å². The number of carbonyl (C=O) groups excluding carboxylic acids is 1. The minimum atomic E-state index is -0.574. The van der Waals surface area contributed by atoms with Gasteiger partial charge in [-0.2, -0.15) is 0 Å². The molecule has 0 aromatic carbocycles. The molecule has 1 amide bonds. The quantitative estimate of drug-likeness (QED) is 0.899. The molecule has 120 valence electrons. The summed E-state index contributed by atoms with van der Waals surface area (Å²) in [4.78, 5) is 45.3. The van der Waals surface area contributed by atoms with E-state index in [-0.39, 0.29) is 18.0 Å². The lowest BCUT2D eigenvalue weighted by atomic mass is 10.1. The van der Waals surface area contributed by atoms with Crippen LogP contribution in [0.5, 0.6) is 0 Å². The van der Waals surface area contributed by atoms with E-state index in [0.29, 0.717) is 18.8 Å². The number of aromatic amines is 1. The van der Waals surface area contributed by atoms with E-state index in [0.717, 1.165) is 23.8 Å². The highest BCUT2D eigenvalue weighted by Gasteiger charge is 2.22. The van der Waals surface area contributed by atoms with Crippen molar-refractivity contribution in [2.75, 3.05) is 13.1 Å². The molecule has 7 heteroatoms. The normalized spacial score (nSPS) is 14.7. The molecule has 0 aliphatic carbocycles. The summed E-state index contributed by atoms with van der Waals surface area (Å²) in [5, 5.41) is 0. The van der Waals surface area contributed by atoms with E-state index in [1.54, 1.807) is 29.3 Å². The molecule has 1 aliphatic heterocycles. The molecule has 0 radical (unpaired) electrons. The first kappa shape index (κ1) is 15.2. The molecule has 0 spiro atoms. The second-order valence-electron chi connectivity index (χ2n) is 5.57. The smallest absolute Gasteiger partial charge is 0.328 e. The molecule has 3 heterocycles. The maximum Gasteiger partial charge on any atom is 0.328 e. The predicted octanol–water partition coefficient (Wildman–Crippen LogP) is 0.606. The molecule has 7 nitrogen and oxygen atoms in total. The van der Waals surface area contributed by atoms with Gasteiger partial charge in [0.2, 0.25) is 0 Å². The number of nitrogens with zero attached hydrogens (tertiary/aromatic N) is 3. The van der Waals surface area contributed by atoms with Gasteiger partial charge in [0.1, 0.15) is 5.56 Å². The summed E-state index contributed by atoms with van der Waals surface area (Å²) in [5.74, 6) is -0.319. The zero-order valence-electron chi connectivity index (χ0n) is 12.7. The topological polar surface area (TPSA) is 88.1 Å². The molecule has 2 aromatic heterocycles. The first-order chi connectivity index (χ1) is 11.2. The summed E-state index contributed by atoms with van der Waals surface area (Å²) in [6.45, 7) is 1.34. The van der Waals surface area contributed by atoms with Crippen LogP contribution in [0.2, 0.25) is 0 Å². The van der Waals surface area contributed by atoms with Crippen LogP contribution >= 0.6 is 0 Å². The Morgan fingerprint density at radius 1 is 1.17 bits per heavy atom. The van der Waals surface area contributed by atoms with Gasteiger partial charge >= 0.3 is 5.69 Å². The van der Waals surface area contributed by atoms with Crippen molar-refractivity contribution in [1.82, 2.24) is 19.4 Å². The Morgan fingerprint density at radius 2 is 1.96 bits per heavy atom. The number of aromatic nitrogens is 3. The zero-order chi connectivity index (χ0) is 16.2. The van der Waals surface area contributed by atoms with Crippen LogP contribution in [0.3, 0.4) is 0 Å². The van der Waals surface area contributed by atoms with Crippen molar-refractivity contribution in [3.8, 4) is 0 Å². The Morgan fingerprint density at radius 3 is 2.65 bits per heavy atom. The molecule has 0 atom stereocenters. The molecule has 2 aromatic rings. The van der Waals surface area contributed by atoms with E-state index in [4.69, 9.17) is 0 Å². The maximum absolute atomic E-state index is 12.5. The fraction of sp³-hybridized carbons (Fsp3) is 0.375. The summed E-state index contributed by atoms with van der Waals surface area (Å²) < 4.78 is 1.01. The van der Waals surface area contributed by atoms with E-state index in [1.165, 1.54) is 6.20 Å². The Hall–Kier alpha value is -2.70. The number of H-pyrrole nitrogens is 1. The van der Waals surface area contributed by atoms with Crippen LogP contribution in [0, 0.1) is 0 Å². The predicted molar refractivity (Wildman–Crippen MR) is 84.4 cm³/mol. The van der Waals surface area contributed by atoms with Crippen LogP contribution in [0.4, 0.5) is 0 Å². The van der Waals surface area contributed by atoms with Crippen LogP contribution in [0.1, 0.15) is 35.3 Å². The van der Waals surface area contributed by atoms with Gasteiger partial charge in [-0.25, -0.2) is 4.79 Å². The lowest BCUT2D eigenvalue weighted by molar-refractivity contribution is 0.0721. The molecule has 0 saturated carbocycles. The zero-order valence-corrected chi connectivity index (χ0v) is 12.7. The van der Waals surface area contributed by atoms with Gasteiger partial charge < -0.3 is 9.88 Å². The molecule has 3 rings (SSSR count). The van der Waals surface area contributed by atoms with Gasteiger partial charge in [-0.05, 0) is 31.4 Å². The number of pyridine rings is 1. The second kappa shape index (κ2) is 6.60. The van der Waals surface area contributed by atoms with Crippen molar-refractivity contribution < 1.29 is 4.79 Å². The van der Waals surface area contributed by atoms with Gasteiger partial charge in [-0.1, -0.05) is 6.07 Å². The summed E-state index contributed by atoms with van der Waals surface area (Å²) in [6.07, 6.45) is 5.79. The minimum absolute atomic E-state index is 0.00225. The average molecular weight is 314 g/mol. The third kappa shape index (κ3) is 3.23. The average Bonchev–Trinajstić information content (AvgIpc) is 2.60. The molecule has 23 heavy (non-hydrogen) atoms. The number of piperidine rings is 1. The highest BCUT2D eigenvalue weighted by molar-refractivity contribution is 5.93. The van der Waals surface area contributed by atoms with Crippen molar-refractivity contribution in [1.29, 1.82) is 0 Å². The summed E-state index contributed by atoms with van der Waals surface area (Å²) in [5.41, 5.74) is -0.532. The Kier molecular flexibility index (Phi) is 4.36. The molecule has 1 saturated heterocycles. The molecule has 1 N–H and O–H groups in total. The summed E-state index contributed by atoms with van der Waals surface area (Å²) in [6, 6.07) is 5.27. The van der Waals surface area contributed by atoms with Crippen LogP contribution in [-0.2, 0) is 6.54 Å². The fourth-order valence-corrected chi connectivity index (χ4v) is 2.73. The first-order valence-electron chi connectivity index (χ1n) is 7.68. The SMILES string of the molecule is O=C(c1c[nH]c(=O)n(Cc2ccccn2)c1=O)N1CCCCC1. The number of nitrogens with one attached hydrogen (secondary N) is 1. The van der Waals surface area contributed by atoms with Gasteiger partial charge in [-0.15, -0.1) is 0 Å². The highest BCUT2D eigenvalue weighted by Crippen LogP contribution is 2.10. The van der Waals surface area contributed by atoms with E-state index in [2.05, 4.69) is 9.97 Å². The van der Waals surface area contributed by atoms with Gasteiger partial charge in [0.15, 0.2) is 0 Å². The van der Waals surface area contributed by atoms with Crippen molar-refractivity contribution in [3.63, 3.8) is 0 Å². The third-order valence-corrected chi connectivity index (χ3v) is 3.98. The first-order valence-corrected chi connectivity index (χ1v) is 7.68. The monoisotopic (exact) mass is 314 g/mol. The maximum atomic E-state index is 12.5. The second-order valence-corrected chi connectivity index (χ2v) is 5.57. The van der Waals surface area contributed by atoms with Gasteiger partial charge in [-0.3, -0.25) is 19.1 Å². The van der Waals surface area contributed by atoms with Gasteiger partial charge in [0, 0.05) is 25.5 Å². The number of carbonyl (C=O) groups is 1. The van der Waals surface area contributed by atoms with Crippen molar-refractivity contribution >= 4 is 5.91 Å². The van der Waals surface area contributed by atoms with Crippen LogP contribution in [-0.4, -0.2) is 38.4 Å². The molecule has 1 aliphatic rings. The lowest BCUT2D eigenvalue weighted by Gasteiger charge is -2.26. The van der Waals surface area contributed by atoms with E-state index in [9.17, 15) is 14.4 Å². The molecular formula is C16H18N4O3. The highest BCUT2D eigenvalue weighted by atomic mass is 16.2. The number of hydrogen-bond acceptors (Lipinski definition) is 4. The Balaban J connectivity index is 1.94. The van der Waals surface area contributed by atoms with Crippen LogP contribution in [0.15, 0.2) is 40.2 Å². The Bertz CT molecular complexity index is 804. The summed E-state index contributed by atoms with van der Waals surface area (Å²) in [7, 11) is 0.